The summed E-state index contributed by atoms with van der Waals surface area (Å²) in [6.07, 6.45) is -4.33. The van der Waals surface area contributed by atoms with Gasteiger partial charge < -0.3 is 19.7 Å². The fourth-order valence-corrected chi connectivity index (χ4v) is 4.68. The number of aryl methyl sites for hydroxylation is 1. The quantitative estimate of drug-likeness (QED) is 0.164. The predicted molar refractivity (Wildman–Crippen MR) is 154 cm³/mol. The molecule has 0 radical (unpaired) electrons. The van der Waals surface area contributed by atoms with Gasteiger partial charge in [-0.25, -0.2) is 4.39 Å². The molecule has 1 atom stereocenters. The van der Waals surface area contributed by atoms with Crippen molar-refractivity contribution in [2.24, 2.45) is 0 Å². The number of nitrogens with zero attached hydrogens (tertiary/aromatic N) is 2. The van der Waals surface area contributed by atoms with Crippen LogP contribution in [0.2, 0.25) is 10.0 Å². The maximum Gasteiger partial charge on any atom is 0.416 e. The molecule has 44 heavy (non-hydrogen) atoms. The SMILES string of the molecule is Cc1noc([C@@H](Cc2ccc(Oc3ccc(F)c(Cl)c3)cc2)NC(=O)c2cc(-c3ccc(C(F)(F)F)cc3)cc(Cl)c2O)n1. The van der Waals surface area contributed by atoms with Gasteiger partial charge in [-0.3, -0.25) is 4.79 Å². The van der Waals surface area contributed by atoms with E-state index in [0.29, 0.717) is 28.5 Å². The molecule has 0 bridgehead atoms. The van der Waals surface area contributed by atoms with Crippen LogP contribution in [0.4, 0.5) is 17.6 Å². The van der Waals surface area contributed by atoms with Crippen LogP contribution in [0, 0.1) is 12.7 Å². The number of carbonyl (C=O) groups excluding carboxylic acids is 1. The lowest BCUT2D eigenvalue weighted by molar-refractivity contribution is -0.137. The molecule has 226 valence electrons. The van der Waals surface area contributed by atoms with Gasteiger partial charge in [0.2, 0.25) is 5.89 Å². The maximum absolute atomic E-state index is 13.5. The summed E-state index contributed by atoms with van der Waals surface area (Å²) in [5, 5.41) is 16.9. The largest absolute Gasteiger partial charge is 0.506 e. The maximum atomic E-state index is 13.5. The van der Waals surface area contributed by atoms with Gasteiger partial charge in [0.15, 0.2) is 5.82 Å². The molecule has 7 nitrogen and oxygen atoms in total. The van der Waals surface area contributed by atoms with E-state index in [-0.39, 0.29) is 27.9 Å². The lowest BCUT2D eigenvalue weighted by atomic mass is 10.00. The number of aromatic nitrogens is 2. The Labute approximate surface area is 258 Å². The number of hydrogen-bond donors (Lipinski definition) is 2. The molecule has 0 aliphatic carbocycles. The van der Waals surface area contributed by atoms with Crippen LogP contribution in [0.3, 0.4) is 0 Å². The van der Waals surface area contributed by atoms with Gasteiger partial charge in [-0.2, -0.15) is 18.2 Å². The first-order valence-corrected chi connectivity index (χ1v) is 13.7. The van der Waals surface area contributed by atoms with Crippen molar-refractivity contribution in [3.63, 3.8) is 0 Å². The first-order valence-electron chi connectivity index (χ1n) is 12.9. The molecule has 2 N–H and O–H groups in total. The van der Waals surface area contributed by atoms with Crippen LogP contribution in [0.5, 0.6) is 17.2 Å². The van der Waals surface area contributed by atoms with Crippen molar-refractivity contribution < 1.29 is 36.7 Å². The second-order valence-corrected chi connectivity index (χ2v) is 10.5. The first kappa shape index (κ1) is 30.8. The highest BCUT2D eigenvalue weighted by Gasteiger charge is 2.30. The Balaban J connectivity index is 1.37. The predicted octanol–water partition coefficient (Wildman–Crippen LogP) is 8.72. The van der Waals surface area contributed by atoms with E-state index in [9.17, 15) is 27.5 Å². The molecular formula is C31H21Cl2F4N3O4. The zero-order valence-electron chi connectivity index (χ0n) is 22.6. The van der Waals surface area contributed by atoms with E-state index in [2.05, 4.69) is 15.5 Å². The molecule has 0 fully saturated rings. The molecule has 13 heteroatoms. The van der Waals surface area contributed by atoms with E-state index in [1.165, 1.54) is 42.5 Å². The summed E-state index contributed by atoms with van der Waals surface area (Å²) in [7, 11) is 0. The second-order valence-electron chi connectivity index (χ2n) is 9.66. The minimum atomic E-state index is -4.51. The van der Waals surface area contributed by atoms with Crippen LogP contribution in [-0.2, 0) is 12.6 Å². The van der Waals surface area contributed by atoms with Crippen LogP contribution >= 0.6 is 23.2 Å². The summed E-state index contributed by atoms with van der Waals surface area (Å²) in [6, 6.07) is 16.9. The fraction of sp³-hybridized carbons (Fsp3) is 0.129. The van der Waals surface area contributed by atoms with Crippen LogP contribution in [0.1, 0.15) is 39.2 Å². The molecule has 1 aromatic heterocycles. The van der Waals surface area contributed by atoms with Gasteiger partial charge in [-0.15, -0.1) is 0 Å². The third-order valence-corrected chi connectivity index (χ3v) is 7.07. The Morgan fingerprint density at radius 1 is 0.955 bits per heavy atom. The smallest absolute Gasteiger partial charge is 0.416 e. The highest BCUT2D eigenvalue weighted by Crippen LogP contribution is 2.36. The summed E-state index contributed by atoms with van der Waals surface area (Å²) in [5.41, 5.74) is 0.353. The molecule has 0 spiro atoms. The molecule has 0 aliphatic heterocycles. The third-order valence-electron chi connectivity index (χ3n) is 6.49. The summed E-state index contributed by atoms with van der Waals surface area (Å²) in [6.45, 7) is 1.61. The minimum absolute atomic E-state index is 0.0789. The number of aromatic hydroxyl groups is 1. The second kappa shape index (κ2) is 12.6. The van der Waals surface area contributed by atoms with E-state index in [0.717, 1.165) is 17.7 Å². The number of hydrogen-bond acceptors (Lipinski definition) is 6. The van der Waals surface area contributed by atoms with Gasteiger partial charge in [0.25, 0.3) is 5.91 Å². The normalized spacial score (nSPS) is 12.2. The van der Waals surface area contributed by atoms with Crippen molar-refractivity contribution in [3.05, 3.63) is 123 Å². The number of alkyl halides is 3. The van der Waals surface area contributed by atoms with Crippen LogP contribution < -0.4 is 10.1 Å². The van der Waals surface area contributed by atoms with E-state index in [4.69, 9.17) is 32.5 Å². The molecule has 5 aromatic rings. The fourth-order valence-electron chi connectivity index (χ4n) is 4.29. The van der Waals surface area contributed by atoms with Crippen molar-refractivity contribution in [1.29, 1.82) is 0 Å². The zero-order valence-corrected chi connectivity index (χ0v) is 24.1. The number of phenolic OH excluding ortho intramolecular Hbond substituents is 1. The van der Waals surface area contributed by atoms with Crippen molar-refractivity contribution in [2.75, 3.05) is 0 Å². The van der Waals surface area contributed by atoms with Crippen molar-refractivity contribution in [2.45, 2.75) is 25.6 Å². The Kier molecular flexibility index (Phi) is 8.80. The average molecular weight is 646 g/mol. The van der Waals surface area contributed by atoms with E-state index < -0.39 is 35.3 Å². The molecule has 0 unspecified atom stereocenters. The average Bonchev–Trinajstić information content (AvgIpc) is 3.42. The standard InChI is InChI=1S/C31H21Cl2F4N3O4/c1-16-38-30(44-40-16)27(12-17-2-8-21(9-3-17)43-22-10-11-26(34)24(32)15-22)39-29(42)23-13-19(14-25(33)28(23)41)18-4-6-20(7-5-18)31(35,36)37/h2-11,13-15,27,41H,12H2,1H3,(H,39,42)/t27-/m1/s1. The highest BCUT2D eigenvalue weighted by atomic mass is 35.5. The third kappa shape index (κ3) is 7.12. The Hall–Kier alpha value is -4.61. The number of rotatable bonds is 8. The number of benzene rings is 4. The molecule has 1 heterocycles. The van der Waals surface area contributed by atoms with Gasteiger partial charge in [-0.05, 0) is 72.1 Å². The van der Waals surface area contributed by atoms with Gasteiger partial charge in [-0.1, -0.05) is 52.6 Å². The number of carbonyl (C=O) groups is 1. The van der Waals surface area contributed by atoms with Gasteiger partial charge in [0, 0.05) is 12.5 Å². The van der Waals surface area contributed by atoms with Gasteiger partial charge >= 0.3 is 6.18 Å². The number of ether oxygens (including phenoxy) is 1. The summed E-state index contributed by atoms with van der Waals surface area (Å²) in [5.74, 6) is -0.605. The number of halogens is 6. The summed E-state index contributed by atoms with van der Waals surface area (Å²) in [4.78, 5) is 17.7. The van der Waals surface area contributed by atoms with E-state index in [1.54, 1.807) is 31.2 Å². The molecular weight excluding hydrogens is 625 g/mol. The van der Waals surface area contributed by atoms with Crippen LogP contribution in [-0.4, -0.2) is 21.2 Å². The molecule has 0 saturated heterocycles. The zero-order chi connectivity index (χ0) is 31.6. The lowest BCUT2D eigenvalue weighted by Gasteiger charge is -2.17. The monoisotopic (exact) mass is 645 g/mol. The van der Waals surface area contributed by atoms with Crippen molar-refractivity contribution in [3.8, 4) is 28.4 Å². The van der Waals surface area contributed by atoms with E-state index in [1.807, 2.05) is 0 Å². The van der Waals surface area contributed by atoms with Crippen molar-refractivity contribution >= 4 is 29.1 Å². The topological polar surface area (TPSA) is 97.5 Å². The number of phenols is 1. The molecule has 1 amide bonds. The van der Waals surface area contributed by atoms with Gasteiger partial charge in [0.05, 0.1) is 21.2 Å². The van der Waals surface area contributed by atoms with E-state index >= 15 is 0 Å². The molecule has 0 saturated carbocycles. The Bertz CT molecular complexity index is 1810. The Morgan fingerprint density at radius 3 is 2.25 bits per heavy atom. The molecule has 5 rings (SSSR count). The minimum Gasteiger partial charge on any atom is -0.506 e. The summed E-state index contributed by atoms with van der Waals surface area (Å²) < 4.78 is 63.5. The van der Waals surface area contributed by atoms with Crippen LogP contribution in [0.25, 0.3) is 11.1 Å². The van der Waals surface area contributed by atoms with Gasteiger partial charge in [0.1, 0.15) is 29.1 Å². The van der Waals surface area contributed by atoms with Crippen LogP contribution in [0.15, 0.2) is 83.4 Å². The highest BCUT2D eigenvalue weighted by molar-refractivity contribution is 6.33. The lowest BCUT2D eigenvalue weighted by Crippen LogP contribution is -2.30. The molecule has 0 aliphatic rings. The number of amides is 1. The summed E-state index contributed by atoms with van der Waals surface area (Å²) >= 11 is 12.0. The first-order chi connectivity index (χ1) is 20.9. The molecule has 4 aromatic carbocycles. The van der Waals surface area contributed by atoms with Crippen molar-refractivity contribution in [1.82, 2.24) is 15.5 Å². The number of nitrogens with one attached hydrogen (secondary N) is 1. The Morgan fingerprint density at radius 2 is 1.64 bits per heavy atom.